The van der Waals surface area contributed by atoms with E-state index in [-0.39, 0.29) is 12.0 Å². The molecule has 2 heterocycles. The van der Waals surface area contributed by atoms with Gasteiger partial charge in [0.05, 0.1) is 35.7 Å². The zero-order valence-corrected chi connectivity index (χ0v) is 12.5. The number of aromatic nitrogens is 1. The van der Waals surface area contributed by atoms with Crippen molar-refractivity contribution in [2.75, 3.05) is 26.4 Å². The van der Waals surface area contributed by atoms with Gasteiger partial charge in [-0.3, -0.25) is 0 Å². The maximum absolute atomic E-state index is 12.1. The summed E-state index contributed by atoms with van der Waals surface area (Å²) in [6.45, 7) is 4.32. The lowest BCUT2D eigenvalue weighted by Crippen LogP contribution is -2.35. The molecule has 0 aromatic carbocycles. The number of nitrogens with zero attached hydrogens (tertiary/aromatic N) is 1. The van der Waals surface area contributed by atoms with Gasteiger partial charge < -0.3 is 14.8 Å². The number of carbonyl (C=O) groups is 1. The number of nitrogens with one attached hydrogen (secondary N) is 1. The van der Waals surface area contributed by atoms with Gasteiger partial charge >= 0.3 is 5.97 Å². The highest BCUT2D eigenvalue weighted by Gasteiger charge is 2.31. The summed E-state index contributed by atoms with van der Waals surface area (Å²) in [4.78, 5) is 17.7. The van der Waals surface area contributed by atoms with Crippen LogP contribution in [0.5, 0.6) is 0 Å². The number of ether oxygens (including phenoxy) is 2. The molecule has 1 saturated heterocycles. The van der Waals surface area contributed by atoms with Gasteiger partial charge in [0.15, 0.2) is 5.69 Å². The van der Waals surface area contributed by atoms with E-state index in [1.165, 1.54) is 19.3 Å². The summed E-state index contributed by atoms with van der Waals surface area (Å²) in [5.74, 6) is 0.225. The first-order chi connectivity index (χ1) is 9.79. The fourth-order valence-corrected chi connectivity index (χ4v) is 3.78. The Morgan fingerprint density at radius 3 is 3.00 bits per heavy atom. The minimum atomic E-state index is -0.309. The van der Waals surface area contributed by atoms with Crippen molar-refractivity contribution in [2.45, 2.75) is 38.1 Å². The maximum atomic E-state index is 12.1. The first kappa shape index (κ1) is 14.0. The van der Waals surface area contributed by atoms with Gasteiger partial charge in [-0.25, -0.2) is 9.78 Å². The molecule has 2 aliphatic rings. The molecule has 3 rings (SSSR count). The van der Waals surface area contributed by atoms with Gasteiger partial charge in [-0.1, -0.05) is 6.42 Å². The first-order valence-electron chi connectivity index (χ1n) is 7.28. The Bertz CT molecular complexity index is 479. The first-order valence-corrected chi connectivity index (χ1v) is 8.10. The van der Waals surface area contributed by atoms with Gasteiger partial charge in [-0.05, 0) is 19.8 Å². The smallest absolute Gasteiger partial charge is 0.358 e. The molecular weight excluding hydrogens is 276 g/mol. The molecule has 1 aliphatic heterocycles. The minimum absolute atomic E-state index is 0.0643. The number of hydrogen-bond donors (Lipinski definition) is 1. The lowest BCUT2D eigenvalue weighted by Gasteiger charge is -2.24. The number of esters is 1. The number of thiazole rings is 1. The molecule has 6 heteroatoms. The van der Waals surface area contributed by atoms with Crippen molar-refractivity contribution in [2.24, 2.45) is 0 Å². The van der Waals surface area contributed by atoms with Gasteiger partial charge in [0, 0.05) is 12.5 Å². The van der Waals surface area contributed by atoms with E-state index in [0.29, 0.717) is 24.8 Å². The molecule has 1 aromatic heterocycles. The van der Waals surface area contributed by atoms with Crippen LogP contribution in [0.4, 0.5) is 0 Å². The molecule has 1 saturated carbocycles. The second-order valence-electron chi connectivity index (χ2n) is 5.19. The SMILES string of the molecule is CCOC(=O)c1nc(C2CCC2)sc1C1COCCN1. The predicted octanol–water partition coefficient (Wildman–Crippen LogP) is 2.25. The Kier molecular flexibility index (Phi) is 4.33. The molecular formula is C14H20N2O3S. The van der Waals surface area contributed by atoms with Crippen molar-refractivity contribution in [3.8, 4) is 0 Å². The van der Waals surface area contributed by atoms with Crippen molar-refractivity contribution in [1.82, 2.24) is 10.3 Å². The van der Waals surface area contributed by atoms with E-state index in [0.717, 1.165) is 23.0 Å². The van der Waals surface area contributed by atoms with Crippen LogP contribution in [-0.2, 0) is 9.47 Å². The van der Waals surface area contributed by atoms with E-state index in [1.54, 1.807) is 11.3 Å². The topological polar surface area (TPSA) is 60.5 Å². The van der Waals surface area contributed by atoms with Gasteiger partial charge in [-0.2, -0.15) is 0 Å². The highest BCUT2D eigenvalue weighted by molar-refractivity contribution is 7.12. The van der Waals surface area contributed by atoms with E-state index < -0.39 is 0 Å². The van der Waals surface area contributed by atoms with Crippen LogP contribution in [0.15, 0.2) is 0 Å². The van der Waals surface area contributed by atoms with E-state index >= 15 is 0 Å². The molecule has 5 nitrogen and oxygen atoms in total. The number of rotatable bonds is 4. The highest BCUT2D eigenvalue weighted by atomic mass is 32.1. The zero-order chi connectivity index (χ0) is 13.9. The van der Waals surface area contributed by atoms with Gasteiger partial charge in [0.2, 0.25) is 0 Å². The lowest BCUT2D eigenvalue weighted by molar-refractivity contribution is 0.0510. The zero-order valence-electron chi connectivity index (χ0n) is 11.7. The molecule has 2 fully saturated rings. The second kappa shape index (κ2) is 6.20. The van der Waals surface area contributed by atoms with Gasteiger partial charge in [0.25, 0.3) is 0 Å². The summed E-state index contributed by atoms with van der Waals surface area (Å²) in [6, 6.07) is 0.0643. The molecule has 1 N–H and O–H groups in total. The van der Waals surface area contributed by atoms with Crippen LogP contribution in [0.25, 0.3) is 0 Å². The summed E-state index contributed by atoms with van der Waals surface area (Å²) in [5.41, 5.74) is 0.488. The number of hydrogen-bond acceptors (Lipinski definition) is 6. The van der Waals surface area contributed by atoms with Crippen LogP contribution in [-0.4, -0.2) is 37.3 Å². The van der Waals surface area contributed by atoms with Crippen LogP contribution in [0.1, 0.15) is 58.5 Å². The summed E-state index contributed by atoms with van der Waals surface area (Å²) in [5, 5.41) is 4.48. The Morgan fingerprint density at radius 2 is 2.40 bits per heavy atom. The fourth-order valence-electron chi connectivity index (χ4n) is 2.49. The lowest BCUT2D eigenvalue weighted by atomic mass is 9.86. The number of carbonyl (C=O) groups excluding carboxylic acids is 1. The average molecular weight is 296 g/mol. The molecule has 20 heavy (non-hydrogen) atoms. The predicted molar refractivity (Wildman–Crippen MR) is 76.2 cm³/mol. The van der Waals surface area contributed by atoms with Crippen LogP contribution in [0.3, 0.4) is 0 Å². The molecule has 0 spiro atoms. The van der Waals surface area contributed by atoms with Crippen molar-refractivity contribution in [3.05, 3.63) is 15.6 Å². The molecule has 0 radical (unpaired) electrons. The Morgan fingerprint density at radius 1 is 1.55 bits per heavy atom. The van der Waals surface area contributed by atoms with Gasteiger partial charge in [-0.15, -0.1) is 11.3 Å². The molecule has 1 unspecified atom stereocenters. The summed E-state index contributed by atoms with van der Waals surface area (Å²) in [7, 11) is 0. The Hall–Kier alpha value is -0.980. The summed E-state index contributed by atoms with van der Waals surface area (Å²) < 4.78 is 10.6. The molecule has 110 valence electrons. The van der Waals surface area contributed by atoms with E-state index in [2.05, 4.69) is 10.3 Å². The minimum Gasteiger partial charge on any atom is -0.461 e. The number of morpholine rings is 1. The van der Waals surface area contributed by atoms with Crippen LogP contribution in [0, 0.1) is 0 Å². The van der Waals surface area contributed by atoms with E-state index in [9.17, 15) is 4.79 Å². The van der Waals surface area contributed by atoms with Crippen molar-refractivity contribution >= 4 is 17.3 Å². The van der Waals surface area contributed by atoms with Crippen molar-refractivity contribution in [3.63, 3.8) is 0 Å². The maximum Gasteiger partial charge on any atom is 0.358 e. The molecule has 0 amide bonds. The standard InChI is InChI=1S/C14H20N2O3S/c1-2-19-14(17)11-12(10-8-18-7-6-15-10)20-13(16-11)9-4-3-5-9/h9-10,15H,2-8H2,1H3. The van der Waals surface area contributed by atoms with Gasteiger partial charge in [0.1, 0.15) is 0 Å². The normalized spacial score (nSPS) is 23.4. The largest absolute Gasteiger partial charge is 0.461 e. The molecule has 1 aromatic rings. The van der Waals surface area contributed by atoms with Crippen LogP contribution < -0.4 is 5.32 Å². The molecule has 1 aliphatic carbocycles. The molecule has 0 bridgehead atoms. The summed E-state index contributed by atoms with van der Waals surface area (Å²) >= 11 is 1.65. The summed E-state index contributed by atoms with van der Waals surface area (Å²) in [6.07, 6.45) is 3.63. The van der Waals surface area contributed by atoms with E-state index in [1.807, 2.05) is 6.92 Å². The second-order valence-corrected chi connectivity index (χ2v) is 6.26. The van der Waals surface area contributed by atoms with Crippen molar-refractivity contribution < 1.29 is 14.3 Å². The third-order valence-electron chi connectivity index (χ3n) is 3.83. The quantitative estimate of drug-likeness (QED) is 0.864. The van der Waals surface area contributed by atoms with E-state index in [4.69, 9.17) is 9.47 Å². The molecule has 1 atom stereocenters. The Labute approximate surface area is 122 Å². The average Bonchev–Trinajstić information content (AvgIpc) is 2.83. The van der Waals surface area contributed by atoms with Crippen molar-refractivity contribution in [1.29, 1.82) is 0 Å². The van der Waals surface area contributed by atoms with Crippen LogP contribution in [0.2, 0.25) is 0 Å². The Balaban J connectivity index is 1.87. The monoisotopic (exact) mass is 296 g/mol. The highest BCUT2D eigenvalue weighted by Crippen LogP contribution is 2.40. The third-order valence-corrected chi connectivity index (χ3v) is 5.16. The third kappa shape index (κ3) is 2.73. The van der Waals surface area contributed by atoms with Crippen LogP contribution >= 0.6 is 11.3 Å². The fraction of sp³-hybridized carbons (Fsp3) is 0.714.